The Balaban J connectivity index is 3.67. The third-order valence-electron chi connectivity index (χ3n) is 1.34. The van der Waals surface area contributed by atoms with Crippen LogP contribution in [-0.2, 0) is 4.79 Å². The van der Waals surface area contributed by atoms with Crippen molar-refractivity contribution in [3.63, 3.8) is 0 Å². The van der Waals surface area contributed by atoms with Gasteiger partial charge in [-0.3, -0.25) is 0 Å². The largest absolute Gasteiger partial charge is 0.300 e. The van der Waals surface area contributed by atoms with Gasteiger partial charge in [0.25, 0.3) is 0 Å². The van der Waals surface area contributed by atoms with Crippen molar-refractivity contribution in [3.05, 3.63) is 4.91 Å². The second kappa shape index (κ2) is 3.44. The number of hydrogen-bond donors (Lipinski definition) is 0. The van der Waals surface area contributed by atoms with Crippen molar-refractivity contribution in [1.82, 2.24) is 0 Å². The molecular formula is C7H13NO2. The van der Waals surface area contributed by atoms with Gasteiger partial charge in [-0.15, -0.1) is 0 Å². The van der Waals surface area contributed by atoms with Crippen LogP contribution in [0, 0.1) is 4.91 Å². The van der Waals surface area contributed by atoms with E-state index < -0.39 is 5.54 Å². The highest BCUT2D eigenvalue weighted by molar-refractivity contribution is 5.75. The lowest BCUT2D eigenvalue weighted by molar-refractivity contribution is -0.117. The molecule has 3 nitrogen and oxygen atoms in total. The molecule has 58 valence electrons. The molecule has 0 bridgehead atoms. The van der Waals surface area contributed by atoms with E-state index in [0.29, 0.717) is 12.8 Å². The molecule has 0 spiro atoms. The van der Waals surface area contributed by atoms with Gasteiger partial charge in [-0.1, -0.05) is 5.18 Å². The molecule has 0 N–H and O–H groups in total. The summed E-state index contributed by atoms with van der Waals surface area (Å²) in [5.74, 6) is 0.108. The van der Waals surface area contributed by atoms with Crippen LogP contribution in [0.1, 0.15) is 33.6 Å². The first-order valence-electron chi connectivity index (χ1n) is 3.32. The number of carbonyl (C=O) groups excluding carboxylic acids is 1. The molecule has 0 aliphatic heterocycles. The summed E-state index contributed by atoms with van der Waals surface area (Å²) in [6, 6.07) is 0. The van der Waals surface area contributed by atoms with Gasteiger partial charge in [0, 0.05) is 6.42 Å². The van der Waals surface area contributed by atoms with E-state index in [0.717, 1.165) is 0 Å². The molecule has 3 heteroatoms. The average Bonchev–Trinajstić information content (AvgIpc) is 1.85. The lowest BCUT2D eigenvalue weighted by Crippen LogP contribution is -2.16. The van der Waals surface area contributed by atoms with Gasteiger partial charge in [-0.25, -0.2) is 0 Å². The van der Waals surface area contributed by atoms with Gasteiger partial charge >= 0.3 is 0 Å². The van der Waals surface area contributed by atoms with Crippen LogP contribution < -0.4 is 0 Å². The summed E-state index contributed by atoms with van der Waals surface area (Å²) in [5, 5.41) is 2.89. The van der Waals surface area contributed by atoms with E-state index in [1.807, 2.05) is 0 Å². The Bertz CT molecular complexity index is 141. The van der Waals surface area contributed by atoms with E-state index in [1.165, 1.54) is 6.92 Å². The fraction of sp³-hybridized carbons (Fsp3) is 0.857. The number of rotatable bonds is 4. The maximum atomic E-state index is 10.5. The average molecular weight is 143 g/mol. The minimum Gasteiger partial charge on any atom is -0.300 e. The molecule has 0 fully saturated rings. The molecule has 0 saturated carbocycles. The number of ketones is 1. The monoisotopic (exact) mass is 143 g/mol. The minimum atomic E-state index is -0.578. The number of hydrogen-bond acceptors (Lipinski definition) is 3. The van der Waals surface area contributed by atoms with E-state index in [1.54, 1.807) is 13.8 Å². The lowest BCUT2D eigenvalue weighted by atomic mass is 9.99. The SMILES string of the molecule is CC(=O)CCC(C)(C)N=O. The summed E-state index contributed by atoms with van der Waals surface area (Å²) < 4.78 is 0. The van der Waals surface area contributed by atoms with Crippen LogP contribution in [0.4, 0.5) is 0 Å². The summed E-state index contributed by atoms with van der Waals surface area (Å²) in [6.45, 7) is 4.97. The molecule has 0 aromatic carbocycles. The van der Waals surface area contributed by atoms with E-state index >= 15 is 0 Å². The topological polar surface area (TPSA) is 46.5 Å². The minimum absolute atomic E-state index is 0.108. The van der Waals surface area contributed by atoms with E-state index in [4.69, 9.17) is 0 Å². The quantitative estimate of drug-likeness (QED) is 0.564. The smallest absolute Gasteiger partial charge is 0.129 e. The van der Waals surface area contributed by atoms with E-state index in [-0.39, 0.29) is 5.78 Å². The van der Waals surface area contributed by atoms with Crippen LogP contribution >= 0.6 is 0 Å². The maximum absolute atomic E-state index is 10.5. The normalized spacial score (nSPS) is 11.1. The Morgan fingerprint density at radius 3 is 2.30 bits per heavy atom. The highest BCUT2D eigenvalue weighted by Crippen LogP contribution is 2.15. The molecule has 0 aliphatic carbocycles. The van der Waals surface area contributed by atoms with Crippen molar-refractivity contribution in [2.45, 2.75) is 39.2 Å². The van der Waals surface area contributed by atoms with Crippen molar-refractivity contribution < 1.29 is 4.79 Å². The third-order valence-corrected chi connectivity index (χ3v) is 1.34. The highest BCUT2D eigenvalue weighted by Gasteiger charge is 2.17. The van der Waals surface area contributed by atoms with Crippen LogP contribution in [0.2, 0.25) is 0 Å². The van der Waals surface area contributed by atoms with Crippen molar-refractivity contribution in [2.75, 3.05) is 0 Å². The molecule has 10 heavy (non-hydrogen) atoms. The Kier molecular flexibility index (Phi) is 3.19. The zero-order valence-corrected chi connectivity index (χ0v) is 6.68. The fourth-order valence-corrected chi connectivity index (χ4v) is 0.528. The maximum Gasteiger partial charge on any atom is 0.129 e. The molecule has 0 unspecified atom stereocenters. The Morgan fingerprint density at radius 2 is 2.00 bits per heavy atom. The number of nitroso groups, excluding NO2 is 1. The molecule has 0 radical (unpaired) electrons. The molecule has 0 aromatic heterocycles. The summed E-state index contributed by atoms with van der Waals surface area (Å²) in [5.41, 5.74) is -0.578. The molecule has 0 heterocycles. The second-order valence-electron chi connectivity index (χ2n) is 3.11. The van der Waals surface area contributed by atoms with Crippen LogP contribution in [0.3, 0.4) is 0 Å². The molecule has 0 aromatic rings. The van der Waals surface area contributed by atoms with Crippen molar-refractivity contribution in [1.29, 1.82) is 0 Å². The molecule has 0 atom stereocenters. The van der Waals surface area contributed by atoms with Gasteiger partial charge in [0.2, 0.25) is 0 Å². The van der Waals surface area contributed by atoms with Gasteiger partial charge in [-0.2, -0.15) is 4.91 Å². The molecule has 0 aliphatic rings. The zero-order valence-electron chi connectivity index (χ0n) is 6.68. The van der Waals surface area contributed by atoms with Crippen LogP contribution in [0.25, 0.3) is 0 Å². The first kappa shape index (κ1) is 9.27. The first-order chi connectivity index (χ1) is 4.48. The van der Waals surface area contributed by atoms with Crippen molar-refractivity contribution >= 4 is 5.78 Å². The highest BCUT2D eigenvalue weighted by atomic mass is 16.3. The predicted octanol–water partition coefficient (Wildman–Crippen LogP) is 1.90. The molecular weight excluding hydrogens is 130 g/mol. The zero-order chi connectivity index (χ0) is 8.20. The Labute approximate surface area is 60.8 Å². The van der Waals surface area contributed by atoms with Gasteiger partial charge in [0.1, 0.15) is 5.78 Å². The molecule has 0 amide bonds. The van der Waals surface area contributed by atoms with Crippen molar-refractivity contribution in [3.8, 4) is 0 Å². The number of Topliss-reactive ketones (excluding diaryl/α,β-unsaturated/α-hetero) is 1. The van der Waals surface area contributed by atoms with Gasteiger partial charge in [-0.05, 0) is 27.2 Å². The summed E-state index contributed by atoms with van der Waals surface area (Å²) >= 11 is 0. The molecule has 0 saturated heterocycles. The Morgan fingerprint density at radius 1 is 1.50 bits per heavy atom. The summed E-state index contributed by atoms with van der Waals surface area (Å²) in [7, 11) is 0. The number of carbonyl (C=O) groups is 1. The van der Waals surface area contributed by atoms with Crippen LogP contribution in [-0.4, -0.2) is 11.3 Å². The lowest BCUT2D eigenvalue weighted by Gasteiger charge is -2.12. The Hall–Kier alpha value is -0.730. The van der Waals surface area contributed by atoms with E-state index in [9.17, 15) is 9.70 Å². The van der Waals surface area contributed by atoms with E-state index in [2.05, 4.69) is 5.18 Å². The van der Waals surface area contributed by atoms with Crippen LogP contribution in [0.15, 0.2) is 5.18 Å². The summed E-state index contributed by atoms with van der Waals surface area (Å²) in [4.78, 5) is 20.5. The third kappa shape index (κ3) is 4.18. The molecule has 0 rings (SSSR count). The standard InChI is InChI=1S/C7H13NO2/c1-6(9)4-5-7(2,3)8-10/h4-5H2,1-3H3. The van der Waals surface area contributed by atoms with Gasteiger partial charge in [0.15, 0.2) is 0 Å². The second-order valence-corrected chi connectivity index (χ2v) is 3.11. The fourth-order valence-electron chi connectivity index (χ4n) is 0.528. The van der Waals surface area contributed by atoms with Crippen molar-refractivity contribution in [2.24, 2.45) is 5.18 Å². The van der Waals surface area contributed by atoms with Crippen LogP contribution in [0.5, 0.6) is 0 Å². The number of nitrogens with zero attached hydrogens (tertiary/aromatic N) is 1. The summed E-state index contributed by atoms with van der Waals surface area (Å²) in [6.07, 6.45) is 0.991. The van der Waals surface area contributed by atoms with Gasteiger partial charge < -0.3 is 4.79 Å². The predicted molar refractivity (Wildman–Crippen MR) is 39.8 cm³/mol. The first-order valence-corrected chi connectivity index (χ1v) is 3.32. The van der Waals surface area contributed by atoms with Gasteiger partial charge in [0.05, 0.1) is 5.54 Å².